The standard InChI is InChI=1S/C16H14IN3O/c17-15-9-11-5-6-13(21-16-18-7-2-8-19-16)10-14(11)20(15)12-3-1-4-12/h2,5-10,12H,1,3-4H2. The van der Waals surface area contributed by atoms with Crippen LogP contribution in [0.2, 0.25) is 0 Å². The van der Waals surface area contributed by atoms with E-state index < -0.39 is 0 Å². The molecule has 0 unspecified atom stereocenters. The van der Waals surface area contributed by atoms with Gasteiger partial charge in [0.05, 0.1) is 9.22 Å². The number of fused-ring (bicyclic) bond motifs is 1. The molecule has 0 atom stereocenters. The van der Waals surface area contributed by atoms with Crippen molar-refractivity contribution in [1.29, 1.82) is 0 Å². The molecule has 3 aromatic rings. The summed E-state index contributed by atoms with van der Waals surface area (Å²) >= 11 is 2.42. The molecular weight excluding hydrogens is 377 g/mol. The van der Waals surface area contributed by atoms with E-state index in [-0.39, 0.29) is 0 Å². The predicted molar refractivity (Wildman–Crippen MR) is 89.6 cm³/mol. The Kier molecular flexibility index (Phi) is 3.29. The lowest BCUT2D eigenvalue weighted by atomic mass is 9.93. The minimum Gasteiger partial charge on any atom is -0.424 e. The number of halogens is 1. The van der Waals surface area contributed by atoms with Crippen molar-refractivity contribution < 1.29 is 4.74 Å². The van der Waals surface area contributed by atoms with Gasteiger partial charge in [-0.1, -0.05) is 0 Å². The summed E-state index contributed by atoms with van der Waals surface area (Å²) in [6, 6.07) is 11.2. The van der Waals surface area contributed by atoms with Crippen LogP contribution in [0.15, 0.2) is 42.7 Å². The Morgan fingerprint density at radius 2 is 1.95 bits per heavy atom. The van der Waals surface area contributed by atoms with E-state index in [1.54, 1.807) is 18.5 Å². The first-order valence-corrected chi connectivity index (χ1v) is 8.14. The van der Waals surface area contributed by atoms with Crippen molar-refractivity contribution in [2.45, 2.75) is 25.3 Å². The lowest BCUT2D eigenvalue weighted by Crippen LogP contribution is -2.17. The highest BCUT2D eigenvalue weighted by molar-refractivity contribution is 14.1. The Bertz CT molecular complexity index is 781. The second kappa shape index (κ2) is 5.29. The molecule has 1 saturated carbocycles. The third kappa shape index (κ3) is 2.39. The van der Waals surface area contributed by atoms with Crippen LogP contribution in [0.4, 0.5) is 0 Å². The summed E-state index contributed by atoms with van der Waals surface area (Å²) in [5.41, 5.74) is 1.23. The number of hydrogen-bond donors (Lipinski definition) is 0. The fourth-order valence-corrected chi connectivity index (χ4v) is 3.68. The van der Waals surface area contributed by atoms with Crippen molar-refractivity contribution in [3.63, 3.8) is 0 Å². The molecule has 106 valence electrons. The molecule has 1 fully saturated rings. The van der Waals surface area contributed by atoms with E-state index in [1.807, 2.05) is 6.07 Å². The molecule has 0 aliphatic heterocycles. The number of aromatic nitrogens is 3. The fourth-order valence-electron chi connectivity index (χ4n) is 2.69. The highest BCUT2D eigenvalue weighted by Crippen LogP contribution is 2.38. The van der Waals surface area contributed by atoms with Gasteiger partial charge in [0.1, 0.15) is 5.75 Å². The van der Waals surface area contributed by atoms with Crippen LogP contribution in [0.1, 0.15) is 25.3 Å². The number of benzene rings is 1. The molecule has 0 amide bonds. The summed E-state index contributed by atoms with van der Waals surface area (Å²) in [4.78, 5) is 8.21. The quantitative estimate of drug-likeness (QED) is 0.615. The first kappa shape index (κ1) is 13.1. The van der Waals surface area contributed by atoms with Crippen LogP contribution in [-0.4, -0.2) is 14.5 Å². The highest BCUT2D eigenvalue weighted by Gasteiger charge is 2.23. The van der Waals surface area contributed by atoms with Gasteiger partial charge in [0, 0.05) is 29.9 Å². The summed E-state index contributed by atoms with van der Waals surface area (Å²) in [6.45, 7) is 0. The maximum Gasteiger partial charge on any atom is 0.321 e. The summed E-state index contributed by atoms with van der Waals surface area (Å²) in [7, 11) is 0. The summed E-state index contributed by atoms with van der Waals surface area (Å²) < 4.78 is 9.46. The molecule has 2 heterocycles. The molecule has 5 heteroatoms. The van der Waals surface area contributed by atoms with Gasteiger partial charge in [-0.25, -0.2) is 9.97 Å². The summed E-state index contributed by atoms with van der Waals surface area (Å²) in [6.07, 6.45) is 7.23. The zero-order valence-electron chi connectivity index (χ0n) is 11.4. The maximum absolute atomic E-state index is 5.74. The molecule has 21 heavy (non-hydrogen) atoms. The molecule has 0 saturated heterocycles. The van der Waals surface area contributed by atoms with Gasteiger partial charge in [0.25, 0.3) is 0 Å². The van der Waals surface area contributed by atoms with E-state index in [9.17, 15) is 0 Å². The summed E-state index contributed by atoms with van der Waals surface area (Å²) in [5.74, 6) is 0.781. The van der Waals surface area contributed by atoms with Crippen molar-refractivity contribution in [3.05, 3.63) is 46.4 Å². The van der Waals surface area contributed by atoms with E-state index in [2.05, 4.69) is 55.3 Å². The van der Waals surface area contributed by atoms with Crippen LogP contribution in [0.3, 0.4) is 0 Å². The Hall–Kier alpha value is -1.63. The van der Waals surface area contributed by atoms with Gasteiger partial charge < -0.3 is 9.30 Å². The second-order valence-electron chi connectivity index (χ2n) is 5.28. The van der Waals surface area contributed by atoms with Crippen molar-refractivity contribution in [2.24, 2.45) is 0 Å². The van der Waals surface area contributed by atoms with Crippen LogP contribution in [0.5, 0.6) is 11.8 Å². The van der Waals surface area contributed by atoms with Crippen molar-refractivity contribution in [1.82, 2.24) is 14.5 Å². The van der Waals surface area contributed by atoms with E-state index >= 15 is 0 Å². The van der Waals surface area contributed by atoms with Crippen LogP contribution >= 0.6 is 22.6 Å². The van der Waals surface area contributed by atoms with E-state index in [0.717, 1.165) is 5.75 Å². The number of ether oxygens (including phenoxy) is 1. The van der Waals surface area contributed by atoms with E-state index in [4.69, 9.17) is 4.74 Å². The number of nitrogens with zero attached hydrogens (tertiary/aromatic N) is 3. The smallest absolute Gasteiger partial charge is 0.321 e. The van der Waals surface area contributed by atoms with Crippen LogP contribution in [-0.2, 0) is 0 Å². The average molecular weight is 391 g/mol. The molecule has 1 aliphatic carbocycles. The molecular formula is C16H14IN3O. The Morgan fingerprint density at radius 3 is 2.67 bits per heavy atom. The van der Waals surface area contributed by atoms with E-state index in [1.165, 1.54) is 33.9 Å². The first-order valence-electron chi connectivity index (χ1n) is 7.06. The van der Waals surface area contributed by atoms with Gasteiger partial charge in [0.2, 0.25) is 0 Å². The van der Waals surface area contributed by atoms with Gasteiger partial charge >= 0.3 is 6.01 Å². The maximum atomic E-state index is 5.74. The predicted octanol–water partition coefficient (Wildman–Crippen LogP) is 4.55. The lowest BCUT2D eigenvalue weighted by Gasteiger charge is -2.29. The summed E-state index contributed by atoms with van der Waals surface area (Å²) in [5, 5.41) is 1.26. The van der Waals surface area contributed by atoms with Gasteiger partial charge in [-0.3, -0.25) is 0 Å². The Balaban J connectivity index is 1.74. The molecule has 1 aromatic carbocycles. The first-order chi connectivity index (χ1) is 10.3. The fraction of sp³-hybridized carbons (Fsp3) is 0.250. The third-order valence-corrected chi connectivity index (χ3v) is 4.79. The van der Waals surface area contributed by atoms with Crippen molar-refractivity contribution in [3.8, 4) is 11.8 Å². The third-order valence-electron chi connectivity index (χ3n) is 3.96. The minimum absolute atomic E-state index is 0.383. The minimum atomic E-state index is 0.383. The van der Waals surface area contributed by atoms with Gasteiger partial charge in [-0.15, -0.1) is 0 Å². The van der Waals surface area contributed by atoms with Crippen LogP contribution in [0.25, 0.3) is 10.9 Å². The van der Waals surface area contributed by atoms with Gasteiger partial charge in [-0.05, 0) is 66.1 Å². The number of hydrogen-bond acceptors (Lipinski definition) is 3. The Labute approximate surface area is 136 Å². The van der Waals surface area contributed by atoms with Gasteiger partial charge in [0.15, 0.2) is 0 Å². The average Bonchev–Trinajstić information content (AvgIpc) is 2.75. The van der Waals surface area contributed by atoms with Crippen LogP contribution < -0.4 is 4.74 Å². The molecule has 4 nitrogen and oxygen atoms in total. The zero-order valence-corrected chi connectivity index (χ0v) is 13.5. The lowest BCUT2D eigenvalue weighted by molar-refractivity contribution is 0.317. The van der Waals surface area contributed by atoms with Crippen molar-refractivity contribution in [2.75, 3.05) is 0 Å². The SMILES string of the molecule is Ic1cc2ccc(Oc3ncccn3)cc2n1C1CCC1. The topological polar surface area (TPSA) is 39.9 Å². The van der Waals surface area contributed by atoms with Gasteiger partial charge in [-0.2, -0.15) is 0 Å². The second-order valence-corrected chi connectivity index (χ2v) is 6.38. The monoisotopic (exact) mass is 391 g/mol. The molecule has 4 rings (SSSR count). The highest BCUT2D eigenvalue weighted by atomic mass is 127. The van der Waals surface area contributed by atoms with E-state index in [0.29, 0.717) is 12.1 Å². The molecule has 0 radical (unpaired) electrons. The Morgan fingerprint density at radius 1 is 1.14 bits per heavy atom. The van der Waals surface area contributed by atoms with Crippen LogP contribution in [0, 0.1) is 3.70 Å². The molecule has 0 N–H and O–H groups in total. The van der Waals surface area contributed by atoms with Crippen molar-refractivity contribution >= 4 is 33.5 Å². The zero-order chi connectivity index (χ0) is 14.2. The largest absolute Gasteiger partial charge is 0.424 e. The molecule has 2 aromatic heterocycles. The molecule has 1 aliphatic rings. The molecule has 0 spiro atoms. The molecule has 0 bridgehead atoms. The normalized spacial score (nSPS) is 15.1. The number of rotatable bonds is 3.